The summed E-state index contributed by atoms with van der Waals surface area (Å²) in [7, 11) is -1.20. The van der Waals surface area contributed by atoms with Crippen molar-refractivity contribution >= 4 is 19.2 Å². The van der Waals surface area contributed by atoms with Gasteiger partial charge in [-0.1, -0.05) is 49.1 Å². The van der Waals surface area contributed by atoms with Gasteiger partial charge in [-0.15, -0.1) is 0 Å². The van der Waals surface area contributed by atoms with Crippen molar-refractivity contribution in [3.05, 3.63) is 29.8 Å². The number of nitrogens with zero attached hydrogens (tertiary/aromatic N) is 1. The normalized spacial score (nSPS) is 11.5. The van der Waals surface area contributed by atoms with Crippen molar-refractivity contribution in [1.29, 1.82) is 0 Å². The van der Waals surface area contributed by atoms with Gasteiger partial charge < -0.3 is 10.2 Å². The lowest BCUT2D eigenvalue weighted by Gasteiger charge is -2.18. The van der Waals surface area contributed by atoms with Crippen LogP contribution in [0.2, 0.25) is 19.6 Å². The molecule has 1 amide bonds. The molecule has 3 nitrogen and oxygen atoms in total. The second-order valence-electron chi connectivity index (χ2n) is 6.44. The number of carbonyl (C=O) groups excluding carboxylic acids is 1. The van der Waals surface area contributed by atoms with E-state index in [1.807, 2.05) is 18.7 Å². The third-order valence-electron chi connectivity index (χ3n) is 3.78. The van der Waals surface area contributed by atoms with Gasteiger partial charge in [0.05, 0.1) is 8.07 Å². The molecule has 0 spiro atoms. The van der Waals surface area contributed by atoms with Crippen LogP contribution in [0.25, 0.3) is 0 Å². The molecular formula is C17H30N2OSi. The number of amides is 1. The lowest BCUT2D eigenvalue weighted by Crippen LogP contribution is -2.37. The summed E-state index contributed by atoms with van der Waals surface area (Å²) in [4.78, 5) is 13.7. The first-order valence-corrected chi connectivity index (χ1v) is 11.5. The molecule has 0 saturated heterocycles. The van der Waals surface area contributed by atoms with Gasteiger partial charge in [-0.2, -0.15) is 0 Å². The highest BCUT2D eigenvalue weighted by atomic mass is 28.3. The Morgan fingerprint density at radius 2 is 1.67 bits per heavy atom. The van der Waals surface area contributed by atoms with Crippen molar-refractivity contribution < 1.29 is 4.79 Å². The third-order valence-corrected chi connectivity index (χ3v) is 5.85. The molecule has 0 aliphatic rings. The smallest absolute Gasteiger partial charge is 0.223 e. The first-order valence-electron chi connectivity index (χ1n) is 7.96. The van der Waals surface area contributed by atoms with Crippen molar-refractivity contribution in [1.82, 2.24) is 10.2 Å². The average Bonchev–Trinajstić information content (AvgIpc) is 2.44. The van der Waals surface area contributed by atoms with Crippen LogP contribution < -0.4 is 10.5 Å². The van der Waals surface area contributed by atoms with Crippen LogP contribution in [0.1, 0.15) is 25.8 Å². The predicted octanol–water partition coefficient (Wildman–Crippen LogP) is 2.58. The summed E-state index contributed by atoms with van der Waals surface area (Å²) in [6, 6.07) is 8.91. The first-order chi connectivity index (χ1) is 9.88. The van der Waals surface area contributed by atoms with Crippen molar-refractivity contribution in [2.24, 2.45) is 0 Å². The van der Waals surface area contributed by atoms with Gasteiger partial charge >= 0.3 is 0 Å². The second-order valence-corrected chi connectivity index (χ2v) is 11.5. The minimum atomic E-state index is -1.20. The van der Waals surface area contributed by atoms with E-state index in [1.165, 1.54) is 10.8 Å². The van der Waals surface area contributed by atoms with Crippen molar-refractivity contribution in [2.45, 2.75) is 46.5 Å². The fourth-order valence-electron chi connectivity index (χ4n) is 2.29. The van der Waals surface area contributed by atoms with Gasteiger partial charge in [-0.25, -0.2) is 0 Å². The Morgan fingerprint density at radius 3 is 2.14 bits per heavy atom. The summed E-state index contributed by atoms with van der Waals surface area (Å²) in [6.45, 7) is 14.3. The summed E-state index contributed by atoms with van der Waals surface area (Å²) in [6.07, 6.45) is 0.578. The summed E-state index contributed by atoms with van der Waals surface area (Å²) in [5.74, 6) is 0.238. The molecule has 0 atom stereocenters. The molecule has 0 aromatic heterocycles. The number of carbonyl (C=O) groups is 1. The summed E-state index contributed by atoms with van der Waals surface area (Å²) >= 11 is 0. The molecule has 1 rings (SSSR count). The van der Waals surface area contributed by atoms with Crippen LogP contribution in [-0.4, -0.2) is 38.5 Å². The van der Waals surface area contributed by atoms with E-state index in [1.54, 1.807) is 0 Å². The molecule has 4 heteroatoms. The number of hydrogen-bond donors (Lipinski definition) is 1. The Morgan fingerprint density at radius 1 is 1.10 bits per heavy atom. The molecule has 0 aliphatic heterocycles. The minimum absolute atomic E-state index is 0.238. The lowest BCUT2D eigenvalue weighted by atomic mass is 10.2. The molecule has 0 fully saturated rings. The first kappa shape index (κ1) is 17.9. The lowest BCUT2D eigenvalue weighted by molar-refractivity contribution is -0.130. The monoisotopic (exact) mass is 306 g/mol. The highest BCUT2D eigenvalue weighted by Gasteiger charge is 2.15. The maximum Gasteiger partial charge on any atom is 0.223 e. The van der Waals surface area contributed by atoms with Gasteiger partial charge in [-0.3, -0.25) is 4.79 Å². The zero-order valence-corrected chi connectivity index (χ0v) is 15.2. The van der Waals surface area contributed by atoms with Crippen LogP contribution >= 0.6 is 0 Å². The fraction of sp³-hybridized carbons (Fsp3) is 0.588. The maximum atomic E-state index is 11.9. The van der Waals surface area contributed by atoms with E-state index in [0.29, 0.717) is 6.42 Å². The number of nitrogens with one attached hydrogen (secondary N) is 1. The van der Waals surface area contributed by atoms with Gasteiger partial charge in [0.25, 0.3) is 0 Å². The van der Waals surface area contributed by atoms with Crippen LogP contribution in [0.3, 0.4) is 0 Å². The molecule has 0 radical (unpaired) electrons. The standard InChI is InChI=1S/C17H30N2OSi/c1-6-19(7-2)17(20)12-13-18-14-15-8-10-16(11-9-15)21(3,4)5/h8-11,18H,6-7,12-14H2,1-5H3. The number of hydrogen-bond acceptors (Lipinski definition) is 2. The molecule has 21 heavy (non-hydrogen) atoms. The Bertz CT molecular complexity index is 433. The molecule has 0 saturated carbocycles. The Labute approximate surface area is 130 Å². The van der Waals surface area contributed by atoms with Gasteiger partial charge in [0, 0.05) is 32.6 Å². The predicted molar refractivity (Wildman–Crippen MR) is 93.7 cm³/mol. The molecule has 1 aromatic carbocycles. The van der Waals surface area contributed by atoms with E-state index >= 15 is 0 Å². The molecule has 118 valence electrons. The molecule has 0 bridgehead atoms. The van der Waals surface area contributed by atoms with Crippen LogP contribution in [0.4, 0.5) is 0 Å². The highest BCUT2D eigenvalue weighted by Crippen LogP contribution is 2.04. The zero-order valence-electron chi connectivity index (χ0n) is 14.2. The van der Waals surface area contributed by atoms with E-state index in [0.717, 1.165) is 26.2 Å². The average molecular weight is 307 g/mol. The molecule has 1 aromatic rings. The topological polar surface area (TPSA) is 32.3 Å². The van der Waals surface area contributed by atoms with Crippen molar-refractivity contribution in [3.63, 3.8) is 0 Å². The van der Waals surface area contributed by atoms with Crippen molar-refractivity contribution in [3.8, 4) is 0 Å². The van der Waals surface area contributed by atoms with Gasteiger partial charge in [0.2, 0.25) is 5.91 Å². The molecular weight excluding hydrogens is 276 g/mol. The van der Waals surface area contributed by atoms with E-state index in [9.17, 15) is 4.79 Å². The molecule has 1 N–H and O–H groups in total. The van der Waals surface area contributed by atoms with E-state index in [2.05, 4.69) is 49.2 Å². The van der Waals surface area contributed by atoms with Crippen molar-refractivity contribution in [2.75, 3.05) is 19.6 Å². The maximum absolute atomic E-state index is 11.9. The van der Waals surface area contributed by atoms with Gasteiger partial charge in [0.15, 0.2) is 0 Å². The fourth-order valence-corrected chi connectivity index (χ4v) is 3.45. The Kier molecular flexibility index (Phi) is 7.12. The van der Waals surface area contributed by atoms with Crippen LogP contribution in [-0.2, 0) is 11.3 Å². The Balaban J connectivity index is 2.35. The summed E-state index contributed by atoms with van der Waals surface area (Å²) in [5.41, 5.74) is 1.28. The summed E-state index contributed by atoms with van der Waals surface area (Å²) in [5, 5.41) is 4.85. The largest absolute Gasteiger partial charge is 0.343 e. The van der Waals surface area contributed by atoms with Crippen LogP contribution in [0, 0.1) is 0 Å². The quantitative estimate of drug-likeness (QED) is 0.591. The third kappa shape index (κ3) is 6.02. The SMILES string of the molecule is CCN(CC)C(=O)CCNCc1ccc([Si](C)(C)C)cc1. The number of benzene rings is 1. The van der Waals surface area contributed by atoms with E-state index < -0.39 is 8.07 Å². The minimum Gasteiger partial charge on any atom is -0.343 e. The second kappa shape index (κ2) is 8.34. The van der Waals surface area contributed by atoms with E-state index in [-0.39, 0.29) is 5.91 Å². The van der Waals surface area contributed by atoms with Gasteiger partial charge in [-0.05, 0) is 19.4 Å². The molecule has 0 heterocycles. The van der Waals surface area contributed by atoms with Gasteiger partial charge in [0.1, 0.15) is 0 Å². The van der Waals surface area contributed by atoms with Crippen LogP contribution in [0.15, 0.2) is 24.3 Å². The zero-order chi connectivity index (χ0) is 15.9. The number of rotatable bonds is 8. The molecule has 0 unspecified atom stereocenters. The summed E-state index contributed by atoms with van der Waals surface area (Å²) < 4.78 is 0. The Hall–Kier alpha value is -1.13. The van der Waals surface area contributed by atoms with Crippen LogP contribution in [0.5, 0.6) is 0 Å². The molecule has 0 aliphatic carbocycles. The highest BCUT2D eigenvalue weighted by molar-refractivity contribution is 6.88. The van der Waals surface area contributed by atoms with E-state index in [4.69, 9.17) is 0 Å².